The van der Waals surface area contributed by atoms with Crippen LogP contribution >= 0.6 is 11.6 Å². The number of alkyl halides is 5. The molecule has 0 N–H and O–H groups in total. The molecule has 2 rings (SSSR count). The van der Waals surface area contributed by atoms with Crippen molar-refractivity contribution in [2.75, 3.05) is 0 Å². The normalized spacial score (nSPS) is 15.9. The zero-order valence-electron chi connectivity index (χ0n) is 10.0. The van der Waals surface area contributed by atoms with Gasteiger partial charge in [-0.15, -0.1) is 0 Å². The van der Waals surface area contributed by atoms with Gasteiger partial charge in [0.05, 0.1) is 5.39 Å². The van der Waals surface area contributed by atoms with Crippen molar-refractivity contribution < 1.29 is 22.0 Å². The fourth-order valence-electron chi connectivity index (χ4n) is 1.67. The van der Waals surface area contributed by atoms with Gasteiger partial charge in [0.15, 0.2) is 23.7 Å². The Morgan fingerprint density at radius 1 is 1.14 bits per heavy atom. The SMILES string of the molecule is N#Cc1nn(C(F)C(F)C(F)C(F)F)c2nc(Cl)ccc12. The van der Waals surface area contributed by atoms with Crippen molar-refractivity contribution in [1.29, 1.82) is 5.26 Å². The minimum Gasteiger partial charge on any atom is -0.239 e. The lowest BCUT2D eigenvalue weighted by Gasteiger charge is -2.17. The molecule has 2 aromatic rings. The second-order valence-corrected chi connectivity index (χ2v) is 4.39. The van der Waals surface area contributed by atoms with Crippen molar-refractivity contribution >= 4 is 22.6 Å². The highest BCUT2D eigenvalue weighted by atomic mass is 35.5. The number of halogens is 6. The van der Waals surface area contributed by atoms with E-state index < -0.39 is 25.1 Å². The predicted octanol–water partition coefficient (Wildman–Crippen LogP) is 3.37. The second-order valence-electron chi connectivity index (χ2n) is 4.01. The maximum atomic E-state index is 13.9. The van der Waals surface area contributed by atoms with Crippen LogP contribution in [0.3, 0.4) is 0 Å². The van der Waals surface area contributed by atoms with Crippen LogP contribution in [-0.4, -0.2) is 33.5 Å². The van der Waals surface area contributed by atoms with E-state index in [0.717, 1.165) is 0 Å². The Morgan fingerprint density at radius 3 is 2.38 bits per heavy atom. The first kappa shape index (κ1) is 15.4. The summed E-state index contributed by atoms with van der Waals surface area (Å²) in [5.41, 5.74) is -0.646. The Bertz CT molecular complexity index is 698. The quantitative estimate of drug-likeness (QED) is 0.640. The lowest BCUT2D eigenvalue weighted by Crippen LogP contribution is -2.32. The standard InChI is InChI=1S/C11H6ClF5N4/c12-6-2-1-4-5(3-18)20-21(11(4)19-6)10(17)8(14)7(13)9(15)16/h1-2,7-10H. The maximum absolute atomic E-state index is 13.9. The van der Waals surface area contributed by atoms with Gasteiger partial charge in [-0.1, -0.05) is 11.6 Å². The Morgan fingerprint density at radius 2 is 1.81 bits per heavy atom. The van der Waals surface area contributed by atoms with Gasteiger partial charge in [0.25, 0.3) is 6.43 Å². The summed E-state index contributed by atoms with van der Waals surface area (Å²) < 4.78 is 64.7. The molecular weight excluding hydrogens is 319 g/mol. The summed E-state index contributed by atoms with van der Waals surface area (Å²) in [7, 11) is 0. The number of fused-ring (bicyclic) bond motifs is 1. The molecule has 4 nitrogen and oxygen atoms in total. The highest BCUT2D eigenvalue weighted by Gasteiger charge is 2.39. The van der Waals surface area contributed by atoms with E-state index in [1.165, 1.54) is 12.1 Å². The van der Waals surface area contributed by atoms with Crippen molar-refractivity contribution in [3.05, 3.63) is 23.0 Å². The third-order valence-electron chi connectivity index (χ3n) is 2.67. The molecule has 0 saturated heterocycles. The fourth-order valence-corrected chi connectivity index (χ4v) is 1.82. The first-order valence-electron chi connectivity index (χ1n) is 5.52. The summed E-state index contributed by atoms with van der Waals surface area (Å²) in [5.74, 6) is 0. The number of rotatable bonds is 4. The van der Waals surface area contributed by atoms with Crippen LogP contribution in [0.25, 0.3) is 11.0 Å². The molecule has 10 heteroatoms. The molecule has 21 heavy (non-hydrogen) atoms. The number of nitriles is 1. The number of aromatic nitrogens is 3. The van der Waals surface area contributed by atoms with Crippen LogP contribution in [0, 0.1) is 11.3 Å². The summed E-state index contributed by atoms with van der Waals surface area (Å²) in [6, 6.07) is 4.18. The first-order chi connectivity index (χ1) is 9.86. The molecule has 0 aromatic carbocycles. The molecule has 2 heterocycles. The van der Waals surface area contributed by atoms with Crippen molar-refractivity contribution in [3.63, 3.8) is 0 Å². The van der Waals surface area contributed by atoms with Gasteiger partial charge in [-0.25, -0.2) is 31.6 Å². The van der Waals surface area contributed by atoms with Crippen molar-refractivity contribution in [2.24, 2.45) is 0 Å². The van der Waals surface area contributed by atoms with Crippen molar-refractivity contribution in [1.82, 2.24) is 14.8 Å². The molecule has 112 valence electrons. The Kier molecular flexibility index (Phi) is 4.27. The summed E-state index contributed by atoms with van der Waals surface area (Å²) >= 11 is 5.59. The van der Waals surface area contributed by atoms with Crippen LogP contribution < -0.4 is 0 Å². The van der Waals surface area contributed by atoms with Crippen LogP contribution in [0.15, 0.2) is 12.1 Å². The summed E-state index contributed by atoms with van der Waals surface area (Å²) in [5, 5.41) is 12.2. The fraction of sp³-hybridized carbons (Fsp3) is 0.364. The van der Waals surface area contributed by atoms with Gasteiger partial charge >= 0.3 is 0 Å². The molecule has 0 bridgehead atoms. The minimum atomic E-state index is -3.69. The van der Waals surface area contributed by atoms with E-state index in [4.69, 9.17) is 16.9 Å². The van der Waals surface area contributed by atoms with Crippen molar-refractivity contribution in [2.45, 2.75) is 25.1 Å². The average Bonchev–Trinajstić information content (AvgIpc) is 2.82. The van der Waals surface area contributed by atoms with Gasteiger partial charge in [0.2, 0.25) is 6.30 Å². The molecule has 0 fully saturated rings. The second kappa shape index (κ2) is 5.81. The van der Waals surface area contributed by atoms with E-state index in [-0.39, 0.29) is 26.6 Å². The molecule has 3 atom stereocenters. The highest BCUT2D eigenvalue weighted by Crippen LogP contribution is 2.29. The summed E-state index contributed by atoms with van der Waals surface area (Å²) in [4.78, 5) is 3.65. The highest BCUT2D eigenvalue weighted by molar-refractivity contribution is 6.29. The smallest absolute Gasteiger partial charge is 0.239 e. The molecule has 0 aliphatic heterocycles. The van der Waals surface area contributed by atoms with E-state index in [9.17, 15) is 22.0 Å². The molecular formula is C11H6ClF5N4. The maximum Gasteiger partial charge on any atom is 0.272 e. The Balaban J connectivity index is 2.51. The molecule has 0 aliphatic rings. The number of hydrogen-bond donors (Lipinski definition) is 0. The van der Waals surface area contributed by atoms with E-state index in [0.29, 0.717) is 0 Å². The average molecular weight is 325 g/mol. The monoisotopic (exact) mass is 324 g/mol. The van der Waals surface area contributed by atoms with Crippen molar-refractivity contribution in [3.8, 4) is 6.07 Å². The topological polar surface area (TPSA) is 54.5 Å². The van der Waals surface area contributed by atoms with E-state index in [2.05, 4.69) is 10.1 Å². The number of hydrogen-bond acceptors (Lipinski definition) is 3. The van der Waals surface area contributed by atoms with Gasteiger partial charge in [-0.05, 0) is 12.1 Å². The van der Waals surface area contributed by atoms with Gasteiger partial charge in [0.1, 0.15) is 11.2 Å². The predicted molar refractivity (Wildman–Crippen MR) is 63.2 cm³/mol. The van der Waals surface area contributed by atoms with Gasteiger partial charge in [0, 0.05) is 0 Å². The van der Waals surface area contributed by atoms with Gasteiger partial charge in [-0.3, -0.25) is 0 Å². The molecule has 0 spiro atoms. The molecule has 0 amide bonds. The van der Waals surface area contributed by atoms with Crippen LogP contribution in [-0.2, 0) is 0 Å². The largest absolute Gasteiger partial charge is 0.272 e. The third kappa shape index (κ3) is 2.76. The van der Waals surface area contributed by atoms with Crippen LogP contribution in [0.4, 0.5) is 22.0 Å². The summed E-state index contributed by atoms with van der Waals surface area (Å²) in [6.45, 7) is 0. The molecule has 3 unspecified atom stereocenters. The molecule has 0 aliphatic carbocycles. The third-order valence-corrected chi connectivity index (χ3v) is 2.88. The molecule has 2 aromatic heterocycles. The van der Waals surface area contributed by atoms with Gasteiger partial charge in [-0.2, -0.15) is 10.4 Å². The Labute approximate surface area is 119 Å². The van der Waals surface area contributed by atoms with E-state index in [1.54, 1.807) is 6.07 Å². The van der Waals surface area contributed by atoms with E-state index >= 15 is 0 Å². The zero-order chi connectivity index (χ0) is 15.7. The number of pyridine rings is 1. The van der Waals surface area contributed by atoms with Crippen LogP contribution in [0.1, 0.15) is 12.0 Å². The zero-order valence-corrected chi connectivity index (χ0v) is 10.8. The van der Waals surface area contributed by atoms with Gasteiger partial charge < -0.3 is 0 Å². The summed E-state index contributed by atoms with van der Waals surface area (Å²) in [6.07, 6.45) is -13.1. The first-order valence-corrected chi connectivity index (χ1v) is 5.89. The lowest BCUT2D eigenvalue weighted by atomic mass is 10.2. The lowest BCUT2D eigenvalue weighted by molar-refractivity contribution is -0.0422. The van der Waals surface area contributed by atoms with E-state index in [1.807, 2.05) is 0 Å². The number of nitrogens with zero attached hydrogens (tertiary/aromatic N) is 4. The molecule has 0 radical (unpaired) electrons. The van der Waals surface area contributed by atoms with Crippen LogP contribution in [0.2, 0.25) is 5.15 Å². The minimum absolute atomic E-state index is 0.0456. The molecule has 0 saturated carbocycles. The van der Waals surface area contributed by atoms with Crippen LogP contribution in [0.5, 0.6) is 0 Å². The Hall–Kier alpha value is -1.95.